The van der Waals surface area contributed by atoms with Crippen molar-refractivity contribution in [1.82, 2.24) is 5.32 Å². The van der Waals surface area contributed by atoms with Gasteiger partial charge in [0.15, 0.2) is 0 Å². The first kappa shape index (κ1) is 10.0. The van der Waals surface area contributed by atoms with Crippen molar-refractivity contribution in [3.63, 3.8) is 0 Å². The van der Waals surface area contributed by atoms with E-state index in [0.717, 1.165) is 17.7 Å². The molecule has 1 aliphatic rings. The monoisotopic (exact) mass is 205 g/mol. The molecule has 3 heteroatoms. The first-order valence-electron chi connectivity index (χ1n) is 5.29. The zero-order valence-corrected chi connectivity index (χ0v) is 8.82. The fourth-order valence-electron chi connectivity index (χ4n) is 1.81. The molecule has 80 valence electrons. The second kappa shape index (κ2) is 4.34. The van der Waals surface area contributed by atoms with Crippen LogP contribution >= 0.6 is 0 Å². The molecule has 0 aromatic heterocycles. The lowest BCUT2D eigenvalue weighted by molar-refractivity contribution is -0.126. The molecule has 1 aromatic rings. The van der Waals surface area contributed by atoms with Crippen molar-refractivity contribution in [1.29, 1.82) is 0 Å². The van der Waals surface area contributed by atoms with E-state index < -0.39 is 0 Å². The maximum atomic E-state index is 11.6. The van der Waals surface area contributed by atoms with Crippen molar-refractivity contribution in [2.75, 3.05) is 13.2 Å². The van der Waals surface area contributed by atoms with E-state index in [1.807, 2.05) is 31.2 Å². The standard InChI is InChI=1S/C12H15NO2/c1-2-13-12(14)10-7-9-5-3-4-6-11(9)15-8-10/h3-6,10H,2,7-8H2,1H3,(H,13,14). The normalized spacial score (nSPS) is 18.9. The summed E-state index contributed by atoms with van der Waals surface area (Å²) in [5, 5.41) is 2.83. The minimum absolute atomic E-state index is 0.0418. The molecule has 15 heavy (non-hydrogen) atoms. The van der Waals surface area contributed by atoms with Gasteiger partial charge in [-0.3, -0.25) is 4.79 Å². The van der Waals surface area contributed by atoms with Gasteiger partial charge in [-0.2, -0.15) is 0 Å². The van der Waals surface area contributed by atoms with Gasteiger partial charge in [-0.05, 0) is 25.0 Å². The predicted molar refractivity (Wildman–Crippen MR) is 57.8 cm³/mol. The minimum atomic E-state index is -0.0418. The summed E-state index contributed by atoms with van der Waals surface area (Å²) in [6, 6.07) is 7.89. The molecule has 1 amide bonds. The second-order valence-corrected chi connectivity index (χ2v) is 3.71. The number of carbonyl (C=O) groups is 1. The van der Waals surface area contributed by atoms with E-state index in [-0.39, 0.29) is 11.8 Å². The zero-order chi connectivity index (χ0) is 10.7. The number of amides is 1. The molecule has 2 rings (SSSR count). The van der Waals surface area contributed by atoms with E-state index in [2.05, 4.69) is 5.32 Å². The molecule has 1 aliphatic heterocycles. The lowest BCUT2D eigenvalue weighted by Gasteiger charge is -2.24. The second-order valence-electron chi connectivity index (χ2n) is 3.71. The van der Waals surface area contributed by atoms with E-state index in [0.29, 0.717) is 13.2 Å². The summed E-state index contributed by atoms with van der Waals surface area (Å²) in [6.07, 6.45) is 0.780. The summed E-state index contributed by atoms with van der Waals surface area (Å²) in [6.45, 7) is 3.09. The Bertz CT molecular complexity index is 362. The van der Waals surface area contributed by atoms with Gasteiger partial charge in [-0.15, -0.1) is 0 Å². The molecule has 0 saturated heterocycles. The van der Waals surface area contributed by atoms with E-state index in [9.17, 15) is 4.79 Å². The summed E-state index contributed by atoms with van der Waals surface area (Å²) < 4.78 is 5.54. The van der Waals surface area contributed by atoms with Crippen LogP contribution in [0.5, 0.6) is 5.75 Å². The highest BCUT2D eigenvalue weighted by atomic mass is 16.5. The Morgan fingerprint density at radius 2 is 2.33 bits per heavy atom. The zero-order valence-electron chi connectivity index (χ0n) is 8.82. The SMILES string of the molecule is CCNC(=O)C1COc2ccccc2C1. The van der Waals surface area contributed by atoms with Crippen molar-refractivity contribution in [2.24, 2.45) is 5.92 Å². The average Bonchev–Trinajstić information content (AvgIpc) is 2.29. The van der Waals surface area contributed by atoms with Crippen LogP contribution in [0, 0.1) is 5.92 Å². The maximum Gasteiger partial charge on any atom is 0.226 e. The van der Waals surface area contributed by atoms with Crippen molar-refractivity contribution < 1.29 is 9.53 Å². The van der Waals surface area contributed by atoms with Crippen LogP contribution in [0.2, 0.25) is 0 Å². The Morgan fingerprint density at radius 3 is 3.13 bits per heavy atom. The largest absolute Gasteiger partial charge is 0.492 e. The molecular formula is C12H15NO2. The highest BCUT2D eigenvalue weighted by molar-refractivity contribution is 5.79. The Labute approximate surface area is 89.4 Å². The quantitative estimate of drug-likeness (QED) is 0.792. The van der Waals surface area contributed by atoms with Crippen LogP contribution in [0.4, 0.5) is 0 Å². The Kier molecular flexibility index (Phi) is 2.90. The molecule has 1 heterocycles. The molecule has 0 bridgehead atoms. The fraction of sp³-hybridized carbons (Fsp3) is 0.417. The molecule has 0 saturated carbocycles. The van der Waals surface area contributed by atoms with Gasteiger partial charge in [0.05, 0.1) is 5.92 Å². The Morgan fingerprint density at radius 1 is 1.53 bits per heavy atom. The van der Waals surface area contributed by atoms with Crippen LogP contribution in [0.15, 0.2) is 24.3 Å². The predicted octanol–water partition coefficient (Wildman–Crippen LogP) is 1.37. The maximum absolute atomic E-state index is 11.6. The third-order valence-electron chi connectivity index (χ3n) is 2.60. The number of benzene rings is 1. The van der Waals surface area contributed by atoms with E-state index in [1.165, 1.54) is 0 Å². The van der Waals surface area contributed by atoms with Crippen LogP contribution in [0.1, 0.15) is 12.5 Å². The summed E-state index contributed by atoms with van der Waals surface area (Å²) in [7, 11) is 0. The number of para-hydroxylation sites is 1. The first-order valence-corrected chi connectivity index (χ1v) is 5.29. The highest BCUT2D eigenvalue weighted by Gasteiger charge is 2.24. The van der Waals surface area contributed by atoms with E-state index in [1.54, 1.807) is 0 Å². The van der Waals surface area contributed by atoms with Crippen molar-refractivity contribution in [2.45, 2.75) is 13.3 Å². The summed E-state index contributed by atoms with van der Waals surface area (Å²) in [4.78, 5) is 11.6. The number of carbonyl (C=O) groups excluding carboxylic acids is 1. The van der Waals surface area contributed by atoms with Gasteiger partial charge in [-0.1, -0.05) is 18.2 Å². The Balaban J connectivity index is 2.08. The van der Waals surface area contributed by atoms with Crippen LogP contribution in [-0.2, 0) is 11.2 Å². The molecule has 0 fully saturated rings. The molecule has 1 N–H and O–H groups in total. The lowest BCUT2D eigenvalue weighted by atomic mass is 9.96. The summed E-state index contributed by atoms with van der Waals surface area (Å²) in [5.74, 6) is 0.963. The summed E-state index contributed by atoms with van der Waals surface area (Å²) in [5.41, 5.74) is 1.13. The van der Waals surface area contributed by atoms with Gasteiger partial charge in [0.1, 0.15) is 12.4 Å². The molecule has 0 spiro atoms. The van der Waals surface area contributed by atoms with E-state index >= 15 is 0 Å². The topological polar surface area (TPSA) is 38.3 Å². The smallest absolute Gasteiger partial charge is 0.226 e. The molecular weight excluding hydrogens is 190 g/mol. The molecule has 1 atom stereocenters. The van der Waals surface area contributed by atoms with Gasteiger partial charge in [0.25, 0.3) is 0 Å². The van der Waals surface area contributed by atoms with Crippen LogP contribution in [-0.4, -0.2) is 19.1 Å². The average molecular weight is 205 g/mol. The van der Waals surface area contributed by atoms with Crippen LogP contribution in [0.25, 0.3) is 0 Å². The highest BCUT2D eigenvalue weighted by Crippen LogP contribution is 2.26. The third-order valence-corrected chi connectivity index (χ3v) is 2.60. The van der Waals surface area contributed by atoms with Crippen molar-refractivity contribution >= 4 is 5.91 Å². The van der Waals surface area contributed by atoms with Crippen LogP contribution < -0.4 is 10.1 Å². The molecule has 3 nitrogen and oxygen atoms in total. The van der Waals surface area contributed by atoms with E-state index in [4.69, 9.17) is 4.74 Å². The van der Waals surface area contributed by atoms with Gasteiger partial charge in [0.2, 0.25) is 5.91 Å². The Hall–Kier alpha value is -1.51. The molecule has 1 aromatic carbocycles. The summed E-state index contributed by atoms with van der Waals surface area (Å²) >= 11 is 0. The van der Waals surface area contributed by atoms with Gasteiger partial charge >= 0.3 is 0 Å². The van der Waals surface area contributed by atoms with Crippen LogP contribution in [0.3, 0.4) is 0 Å². The molecule has 1 unspecified atom stereocenters. The number of nitrogens with one attached hydrogen (secondary N) is 1. The molecule has 0 radical (unpaired) electrons. The van der Waals surface area contributed by atoms with Gasteiger partial charge < -0.3 is 10.1 Å². The number of hydrogen-bond acceptors (Lipinski definition) is 2. The third kappa shape index (κ3) is 2.12. The molecule has 0 aliphatic carbocycles. The first-order chi connectivity index (χ1) is 7.31. The fourth-order valence-corrected chi connectivity index (χ4v) is 1.81. The number of ether oxygens (including phenoxy) is 1. The van der Waals surface area contributed by atoms with Gasteiger partial charge in [0, 0.05) is 6.54 Å². The lowest BCUT2D eigenvalue weighted by Crippen LogP contribution is -2.37. The number of hydrogen-bond donors (Lipinski definition) is 1. The number of fused-ring (bicyclic) bond motifs is 1. The number of rotatable bonds is 2. The van der Waals surface area contributed by atoms with Gasteiger partial charge in [-0.25, -0.2) is 0 Å². The van der Waals surface area contributed by atoms with Crippen molar-refractivity contribution in [3.05, 3.63) is 29.8 Å². The minimum Gasteiger partial charge on any atom is -0.492 e. The van der Waals surface area contributed by atoms with Crippen molar-refractivity contribution in [3.8, 4) is 5.75 Å².